The molecule has 4 rings (SSSR count). The van der Waals surface area contributed by atoms with Crippen molar-refractivity contribution >= 4 is 33.9 Å². The lowest BCUT2D eigenvalue weighted by atomic mass is 9.95. The fourth-order valence-electron chi connectivity index (χ4n) is 3.19. The lowest BCUT2D eigenvalue weighted by Gasteiger charge is -2.23. The molecule has 1 amide bonds. The molecule has 1 N–H and O–H groups in total. The first kappa shape index (κ1) is 18.1. The summed E-state index contributed by atoms with van der Waals surface area (Å²) in [4.78, 5) is 31.1. The maximum Gasteiger partial charge on any atom is 0.301 e. The number of aromatic nitrogens is 1. The van der Waals surface area contributed by atoms with Gasteiger partial charge in [0, 0.05) is 17.1 Å². The summed E-state index contributed by atoms with van der Waals surface area (Å²) < 4.78 is 13.3. The second-order valence-electron chi connectivity index (χ2n) is 6.40. The van der Waals surface area contributed by atoms with Gasteiger partial charge in [-0.3, -0.25) is 14.5 Å². The van der Waals surface area contributed by atoms with Crippen LogP contribution < -0.4 is 4.90 Å². The third-order valence-electron chi connectivity index (χ3n) is 4.58. The number of hydrogen-bond acceptors (Lipinski definition) is 5. The summed E-state index contributed by atoms with van der Waals surface area (Å²) in [7, 11) is 0. The van der Waals surface area contributed by atoms with Gasteiger partial charge in [0.05, 0.1) is 11.6 Å². The molecule has 3 aromatic rings. The molecule has 0 bridgehead atoms. The molecule has 1 aromatic heterocycles. The Morgan fingerprint density at radius 1 is 1.11 bits per heavy atom. The minimum absolute atomic E-state index is 0.0457. The Hall–Kier alpha value is -3.32. The van der Waals surface area contributed by atoms with Gasteiger partial charge in [-0.15, -0.1) is 11.3 Å². The molecule has 1 atom stereocenters. The van der Waals surface area contributed by atoms with Crippen molar-refractivity contribution in [1.82, 2.24) is 4.98 Å². The third kappa shape index (κ3) is 2.99. The van der Waals surface area contributed by atoms with Gasteiger partial charge >= 0.3 is 5.91 Å². The summed E-state index contributed by atoms with van der Waals surface area (Å²) in [6, 6.07) is 11.7. The first-order valence-corrected chi connectivity index (χ1v) is 9.38. The molecule has 1 aliphatic rings. The number of rotatable bonds is 3. The number of carbonyl (C=O) groups excluding carboxylic acids is 2. The predicted molar refractivity (Wildman–Crippen MR) is 104 cm³/mol. The maximum atomic E-state index is 13.3. The van der Waals surface area contributed by atoms with Gasteiger partial charge < -0.3 is 5.11 Å². The van der Waals surface area contributed by atoms with Crippen LogP contribution in [0.3, 0.4) is 0 Å². The van der Waals surface area contributed by atoms with Gasteiger partial charge in [-0.25, -0.2) is 9.37 Å². The van der Waals surface area contributed by atoms with E-state index in [4.69, 9.17) is 0 Å². The Morgan fingerprint density at radius 2 is 1.79 bits per heavy atom. The summed E-state index contributed by atoms with van der Waals surface area (Å²) in [5.41, 5.74) is 1.91. The number of anilines is 1. The molecule has 1 fully saturated rings. The topological polar surface area (TPSA) is 70.5 Å². The van der Waals surface area contributed by atoms with Crippen LogP contribution >= 0.6 is 11.3 Å². The van der Waals surface area contributed by atoms with Crippen LogP contribution in [0.15, 0.2) is 65.7 Å². The molecule has 0 saturated carbocycles. The predicted octanol–water partition coefficient (Wildman–Crippen LogP) is 4.22. The van der Waals surface area contributed by atoms with Crippen LogP contribution in [0.25, 0.3) is 5.76 Å². The number of thiazole rings is 1. The highest BCUT2D eigenvalue weighted by Gasteiger charge is 2.47. The van der Waals surface area contributed by atoms with Gasteiger partial charge in [-0.05, 0) is 36.8 Å². The maximum absolute atomic E-state index is 13.3. The van der Waals surface area contributed by atoms with Crippen LogP contribution in [0.2, 0.25) is 0 Å². The number of Topliss-reactive ketones (excluding diaryl/α,β-unsaturated/α-hetero) is 1. The molecular formula is C21H15FN2O3S. The van der Waals surface area contributed by atoms with E-state index in [0.717, 1.165) is 5.56 Å². The molecule has 0 unspecified atom stereocenters. The molecule has 5 nitrogen and oxygen atoms in total. The van der Waals surface area contributed by atoms with Crippen molar-refractivity contribution in [3.63, 3.8) is 0 Å². The third-order valence-corrected chi connectivity index (χ3v) is 5.35. The van der Waals surface area contributed by atoms with E-state index >= 15 is 0 Å². The molecule has 0 radical (unpaired) electrons. The normalized spacial score (nSPS) is 18.6. The molecule has 1 saturated heterocycles. The van der Waals surface area contributed by atoms with E-state index in [9.17, 15) is 19.1 Å². The lowest BCUT2D eigenvalue weighted by Crippen LogP contribution is -2.29. The SMILES string of the molecule is Cc1ccc([C@@H]2/C(=C(\O)c3ccc(F)cc3)C(=O)C(=O)N2c2nccs2)cc1. The van der Waals surface area contributed by atoms with Gasteiger partial charge in [0.2, 0.25) is 0 Å². The number of benzene rings is 2. The molecule has 2 aromatic carbocycles. The zero-order valence-electron chi connectivity index (χ0n) is 14.8. The van der Waals surface area contributed by atoms with Crippen LogP contribution in [0.4, 0.5) is 9.52 Å². The van der Waals surface area contributed by atoms with Crippen LogP contribution in [0.5, 0.6) is 0 Å². The van der Waals surface area contributed by atoms with Gasteiger partial charge in [-0.2, -0.15) is 0 Å². The van der Waals surface area contributed by atoms with Crippen molar-refractivity contribution in [2.75, 3.05) is 4.90 Å². The number of aryl methyl sites for hydroxylation is 1. The highest BCUT2D eigenvalue weighted by atomic mass is 32.1. The largest absolute Gasteiger partial charge is 0.507 e. The number of hydrogen-bond donors (Lipinski definition) is 1. The van der Waals surface area contributed by atoms with Crippen molar-refractivity contribution in [3.8, 4) is 0 Å². The number of aliphatic hydroxyl groups is 1. The zero-order chi connectivity index (χ0) is 19.8. The van der Waals surface area contributed by atoms with Crippen LogP contribution in [-0.2, 0) is 9.59 Å². The quantitative estimate of drug-likeness (QED) is 0.410. The van der Waals surface area contributed by atoms with Gasteiger partial charge in [-0.1, -0.05) is 29.8 Å². The standard InChI is InChI=1S/C21H15FN2O3S/c1-12-2-4-13(5-3-12)17-16(18(25)14-6-8-15(22)9-7-14)19(26)20(27)24(17)21-23-10-11-28-21/h2-11,17,25H,1H3/b18-16+/t17-/m1/s1. The fraction of sp³-hybridized carbons (Fsp3) is 0.0952. The number of amides is 1. The average Bonchev–Trinajstić information content (AvgIpc) is 3.30. The molecule has 1 aliphatic heterocycles. The summed E-state index contributed by atoms with van der Waals surface area (Å²) in [5, 5.41) is 12.9. The average molecular weight is 394 g/mol. The second-order valence-corrected chi connectivity index (χ2v) is 7.27. The van der Waals surface area contributed by atoms with E-state index in [1.165, 1.54) is 40.5 Å². The molecule has 140 valence electrons. The Labute approximate surface area is 164 Å². The van der Waals surface area contributed by atoms with Gasteiger partial charge in [0.15, 0.2) is 5.13 Å². The molecular weight excluding hydrogens is 379 g/mol. The first-order chi connectivity index (χ1) is 13.5. The minimum Gasteiger partial charge on any atom is -0.507 e. The van der Waals surface area contributed by atoms with E-state index in [1.807, 2.05) is 31.2 Å². The van der Waals surface area contributed by atoms with Crippen molar-refractivity contribution < 1.29 is 19.1 Å². The number of halogens is 1. The minimum atomic E-state index is -0.822. The highest BCUT2D eigenvalue weighted by Crippen LogP contribution is 2.42. The molecule has 28 heavy (non-hydrogen) atoms. The number of aliphatic hydroxyl groups excluding tert-OH is 1. The van der Waals surface area contributed by atoms with E-state index in [2.05, 4.69) is 4.98 Å². The molecule has 0 aliphatic carbocycles. The van der Waals surface area contributed by atoms with Crippen molar-refractivity contribution in [2.45, 2.75) is 13.0 Å². The smallest absolute Gasteiger partial charge is 0.301 e. The lowest BCUT2D eigenvalue weighted by molar-refractivity contribution is -0.132. The van der Waals surface area contributed by atoms with Crippen molar-refractivity contribution in [3.05, 3.63) is 88.2 Å². The summed E-state index contributed by atoms with van der Waals surface area (Å²) in [6.45, 7) is 1.93. The zero-order valence-corrected chi connectivity index (χ0v) is 15.6. The first-order valence-electron chi connectivity index (χ1n) is 8.50. The Morgan fingerprint density at radius 3 is 2.39 bits per heavy atom. The van der Waals surface area contributed by atoms with E-state index in [-0.39, 0.29) is 16.9 Å². The monoisotopic (exact) mass is 394 g/mol. The molecule has 2 heterocycles. The van der Waals surface area contributed by atoms with E-state index < -0.39 is 23.5 Å². The van der Waals surface area contributed by atoms with Crippen molar-refractivity contribution in [2.24, 2.45) is 0 Å². The Balaban J connectivity index is 1.93. The highest BCUT2D eigenvalue weighted by molar-refractivity contribution is 7.14. The molecule has 7 heteroatoms. The second kappa shape index (κ2) is 7.01. The van der Waals surface area contributed by atoms with Crippen molar-refractivity contribution in [1.29, 1.82) is 0 Å². The van der Waals surface area contributed by atoms with Crippen LogP contribution in [-0.4, -0.2) is 21.8 Å². The fourth-order valence-corrected chi connectivity index (χ4v) is 3.86. The summed E-state index contributed by atoms with van der Waals surface area (Å²) >= 11 is 1.23. The number of nitrogens with zero attached hydrogens (tertiary/aromatic N) is 2. The number of ketones is 1. The van der Waals surface area contributed by atoms with Gasteiger partial charge in [0.1, 0.15) is 11.6 Å². The Kier molecular flexibility index (Phi) is 4.52. The number of carbonyl (C=O) groups is 2. The Bertz CT molecular complexity index is 1070. The van der Waals surface area contributed by atoms with E-state index in [1.54, 1.807) is 11.6 Å². The van der Waals surface area contributed by atoms with Crippen LogP contribution in [0.1, 0.15) is 22.7 Å². The summed E-state index contributed by atoms with van der Waals surface area (Å²) in [5.74, 6) is -2.37. The molecule has 0 spiro atoms. The van der Waals surface area contributed by atoms with Crippen LogP contribution in [0, 0.1) is 12.7 Å². The van der Waals surface area contributed by atoms with Gasteiger partial charge in [0.25, 0.3) is 5.78 Å². The van der Waals surface area contributed by atoms with E-state index in [0.29, 0.717) is 10.7 Å². The summed E-state index contributed by atoms with van der Waals surface area (Å²) in [6.07, 6.45) is 1.55.